The Labute approximate surface area is 113 Å². The van der Waals surface area contributed by atoms with Crippen molar-refractivity contribution >= 4 is 0 Å². The first kappa shape index (κ1) is 10.0. The van der Waals surface area contributed by atoms with Crippen molar-refractivity contribution in [1.29, 1.82) is 0 Å². The molecule has 92 valence electrons. The highest BCUT2D eigenvalue weighted by Gasteiger charge is 2.52. The van der Waals surface area contributed by atoms with Gasteiger partial charge in [0.2, 0.25) is 0 Å². The van der Waals surface area contributed by atoms with Gasteiger partial charge in [0.1, 0.15) is 0 Å². The van der Waals surface area contributed by atoms with Crippen LogP contribution in [0.5, 0.6) is 0 Å². The van der Waals surface area contributed by atoms with E-state index in [2.05, 4.69) is 54.6 Å². The van der Waals surface area contributed by atoms with Gasteiger partial charge in [0.15, 0.2) is 0 Å². The molecule has 5 rings (SSSR count). The van der Waals surface area contributed by atoms with Gasteiger partial charge in [-0.05, 0) is 41.0 Å². The first-order chi connectivity index (χ1) is 9.43. The minimum absolute atomic E-state index is 0.679. The van der Waals surface area contributed by atoms with Crippen molar-refractivity contribution in [2.45, 2.75) is 24.7 Å². The fourth-order valence-corrected chi connectivity index (χ4v) is 4.59. The maximum absolute atomic E-state index is 2.51. The van der Waals surface area contributed by atoms with Crippen molar-refractivity contribution < 1.29 is 0 Å². The summed E-state index contributed by atoms with van der Waals surface area (Å²) in [6.07, 6.45) is 4.92. The Morgan fingerprint density at radius 1 is 0.789 bits per heavy atom. The number of rotatable bonds is 0. The lowest BCUT2D eigenvalue weighted by atomic mass is 9.56. The van der Waals surface area contributed by atoms with Gasteiger partial charge < -0.3 is 0 Å². The van der Waals surface area contributed by atoms with Gasteiger partial charge in [-0.2, -0.15) is 0 Å². The second-order valence-corrected chi connectivity index (χ2v) is 6.12. The monoisotopic (exact) mass is 244 g/mol. The van der Waals surface area contributed by atoms with Crippen LogP contribution in [-0.4, -0.2) is 0 Å². The van der Waals surface area contributed by atoms with E-state index >= 15 is 0 Å². The minimum atomic E-state index is 0.679. The first-order valence-electron chi connectivity index (χ1n) is 7.29. The van der Waals surface area contributed by atoms with Crippen LogP contribution in [0, 0.1) is 5.92 Å². The van der Waals surface area contributed by atoms with Gasteiger partial charge in [-0.3, -0.25) is 0 Å². The summed E-state index contributed by atoms with van der Waals surface area (Å²) in [5.41, 5.74) is 8.06. The molecule has 1 fully saturated rings. The normalized spacial score (nSPS) is 29.5. The topological polar surface area (TPSA) is 0 Å². The van der Waals surface area contributed by atoms with E-state index in [0.29, 0.717) is 5.92 Å². The Morgan fingerprint density at radius 3 is 2.42 bits per heavy atom. The molecule has 0 radical (unpaired) electrons. The highest BCUT2D eigenvalue weighted by Crippen LogP contribution is 2.64. The van der Waals surface area contributed by atoms with Crippen molar-refractivity contribution in [3.8, 4) is 0 Å². The summed E-state index contributed by atoms with van der Waals surface area (Å²) in [5, 5.41) is 0. The van der Waals surface area contributed by atoms with Crippen LogP contribution in [0.15, 0.2) is 60.2 Å². The summed E-state index contributed by atoms with van der Waals surface area (Å²) in [6.45, 7) is 0. The summed E-state index contributed by atoms with van der Waals surface area (Å²) >= 11 is 0. The molecule has 3 aliphatic rings. The van der Waals surface area contributed by atoms with Crippen molar-refractivity contribution in [3.05, 3.63) is 82.4 Å². The molecule has 3 aliphatic carbocycles. The number of fused-ring (bicyclic) bond motifs is 8. The first-order valence-corrected chi connectivity index (χ1v) is 7.29. The molecule has 0 saturated heterocycles. The number of hydrogen-bond donors (Lipinski definition) is 0. The molecule has 0 bridgehead atoms. The van der Waals surface area contributed by atoms with Crippen LogP contribution in [0.4, 0.5) is 0 Å². The quantitative estimate of drug-likeness (QED) is 0.609. The zero-order valence-corrected chi connectivity index (χ0v) is 10.8. The second-order valence-electron chi connectivity index (χ2n) is 6.12. The van der Waals surface area contributed by atoms with Gasteiger partial charge in [-0.25, -0.2) is 0 Å². The molecule has 0 aromatic heterocycles. The van der Waals surface area contributed by atoms with Crippen molar-refractivity contribution in [1.82, 2.24) is 0 Å². The number of hydrogen-bond acceptors (Lipinski definition) is 0. The molecule has 0 amide bonds. The van der Waals surface area contributed by atoms with E-state index in [4.69, 9.17) is 0 Å². The predicted molar refractivity (Wildman–Crippen MR) is 77.3 cm³/mol. The number of allylic oxidation sites excluding steroid dienone is 2. The molecule has 3 atom stereocenters. The third kappa shape index (κ3) is 1.15. The molecule has 0 nitrogen and oxygen atoms in total. The fraction of sp³-hybridized carbons (Fsp3) is 0.263. The molecular formula is C19H16. The van der Waals surface area contributed by atoms with E-state index in [-0.39, 0.29) is 0 Å². The van der Waals surface area contributed by atoms with E-state index < -0.39 is 0 Å². The third-order valence-corrected chi connectivity index (χ3v) is 5.38. The molecule has 0 heteroatoms. The summed E-state index contributed by atoms with van der Waals surface area (Å²) in [7, 11) is 0. The van der Waals surface area contributed by atoms with E-state index in [1.54, 1.807) is 27.8 Å². The standard InChI is InChI=1S/C19H16/c1-3-7-14-12(5-1)9-10-16-17-11-13-6-2-4-8-15(13)19(17)18(14)16/h1-8,10,17-19H,9,11H2/t17-,18-,19-/m1/s1. The molecular weight excluding hydrogens is 228 g/mol. The average Bonchev–Trinajstić information content (AvgIpc) is 2.77. The minimum Gasteiger partial charge on any atom is -0.0800 e. The van der Waals surface area contributed by atoms with Crippen LogP contribution in [0.2, 0.25) is 0 Å². The highest BCUT2D eigenvalue weighted by molar-refractivity contribution is 5.57. The molecule has 0 aliphatic heterocycles. The Balaban J connectivity index is 1.68. The lowest BCUT2D eigenvalue weighted by Crippen LogP contribution is -2.35. The van der Waals surface area contributed by atoms with Gasteiger partial charge in [-0.1, -0.05) is 60.2 Å². The van der Waals surface area contributed by atoms with Crippen LogP contribution >= 0.6 is 0 Å². The van der Waals surface area contributed by atoms with Gasteiger partial charge >= 0.3 is 0 Å². The van der Waals surface area contributed by atoms with Crippen LogP contribution in [0.25, 0.3) is 0 Å². The SMILES string of the molecule is C1=C2[C@H]3Cc4ccccc4[C@H]3[C@@H]2c2ccccc2C1. The molecule has 0 spiro atoms. The Hall–Kier alpha value is -1.82. The lowest BCUT2D eigenvalue weighted by molar-refractivity contribution is 0.339. The van der Waals surface area contributed by atoms with E-state index in [1.165, 1.54) is 6.42 Å². The Morgan fingerprint density at radius 2 is 1.53 bits per heavy atom. The van der Waals surface area contributed by atoms with Crippen LogP contribution in [0.1, 0.15) is 34.1 Å². The van der Waals surface area contributed by atoms with Gasteiger partial charge in [-0.15, -0.1) is 0 Å². The molecule has 0 unspecified atom stereocenters. The van der Waals surface area contributed by atoms with Gasteiger partial charge in [0.05, 0.1) is 0 Å². The van der Waals surface area contributed by atoms with Gasteiger partial charge in [0, 0.05) is 11.8 Å². The lowest BCUT2D eigenvalue weighted by Gasteiger charge is -2.47. The average molecular weight is 244 g/mol. The van der Waals surface area contributed by atoms with E-state index in [0.717, 1.165) is 18.3 Å². The van der Waals surface area contributed by atoms with Crippen LogP contribution < -0.4 is 0 Å². The molecule has 0 N–H and O–H groups in total. The summed E-state index contributed by atoms with van der Waals surface area (Å²) < 4.78 is 0. The number of benzene rings is 2. The third-order valence-electron chi connectivity index (χ3n) is 5.38. The molecule has 19 heavy (non-hydrogen) atoms. The molecule has 1 saturated carbocycles. The van der Waals surface area contributed by atoms with Crippen LogP contribution in [-0.2, 0) is 12.8 Å². The van der Waals surface area contributed by atoms with Crippen LogP contribution in [0.3, 0.4) is 0 Å². The van der Waals surface area contributed by atoms with E-state index in [1.807, 2.05) is 0 Å². The smallest absolute Gasteiger partial charge is 0.0129 e. The molecule has 2 aromatic rings. The maximum Gasteiger partial charge on any atom is 0.0129 e. The largest absolute Gasteiger partial charge is 0.0800 e. The summed E-state index contributed by atoms with van der Waals surface area (Å²) in [4.78, 5) is 0. The van der Waals surface area contributed by atoms with Crippen molar-refractivity contribution in [2.75, 3.05) is 0 Å². The van der Waals surface area contributed by atoms with E-state index in [9.17, 15) is 0 Å². The fourth-order valence-electron chi connectivity index (χ4n) is 4.59. The summed E-state index contributed by atoms with van der Waals surface area (Å²) in [6, 6.07) is 18.1. The van der Waals surface area contributed by atoms with Gasteiger partial charge in [0.25, 0.3) is 0 Å². The highest BCUT2D eigenvalue weighted by atomic mass is 14.5. The van der Waals surface area contributed by atoms with Crippen molar-refractivity contribution in [2.24, 2.45) is 5.92 Å². The molecule has 0 heterocycles. The zero-order valence-electron chi connectivity index (χ0n) is 10.8. The second kappa shape index (κ2) is 3.39. The Bertz CT molecular complexity index is 707. The maximum atomic E-state index is 2.51. The van der Waals surface area contributed by atoms with Crippen molar-refractivity contribution in [3.63, 3.8) is 0 Å². The predicted octanol–water partition coefficient (Wildman–Crippen LogP) is 4.22. The Kier molecular flexibility index (Phi) is 1.79. The summed E-state index contributed by atoms with van der Waals surface area (Å²) in [5.74, 6) is 2.23. The molecule has 2 aromatic carbocycles. The zero-order chi connectivity index (χ0) is 12.4.